The molecule has 0 bridgehead atoms. The van der Waals surface area contributed by atoms with E-state index < -0.39 is 5.60 Å². The summed E-state index contributed by atoms with van der Waals surface area (Å²) in [7, 11) is 0. The van der Waals surface area contributed by atoms with E-state index in [0.717, 1.165) is 13.1 Å². The molecule has 2 aromatic rings. The second-order valence-electron chi connectivity index (χ2n) is 5.96. The molecule has 0 radical (unpaired) electrons. The van der Waals surface area contributed by atoms with Crippen LogP contribution in [0.2, 0.25) is 0 Å². The van der Waals surface area contributed by atoms with E-state index in [2.05, 4.69) is 48.2 Å². The fourth-order valence-electron chi connectivity index (χ4n) is 2.35. The minimum atomic E-state index is -0.679. The number of hydrogen-bond donors (Lipinski definition) is 1. The van der Waals surface area contributed by atoms with Crippen LogP contribution in [0.1, 0.15) is 29.2 Å². The van der Waals surface area contributed by atoms with Crippen LogP contribution in [0, 0.1) is 6.92 Å². The number of thiophene rings is 1. The highest BCUT2D eigenvalue weighted by Gasteiger charge is 2.19. The molecule has 0 atom stereocenters. The molecule has 2 rings (SSSR count). The van der Waals surface area contributed by atoms with Crippen molar-refractivity contribution in [3.8, 4) is 0 Å². The Hall–Kier alpha value is -1.16. The zero-order valence-corrected chi connectivity index (χ0v) is 13.3. The van der Waals surface area contributed by atoms with Crippen LogP contribution >= 0.6 is 11.3 Å². The average Bonchev–Trinajstić information content (AvgIpc) is 2.74. The van der Waals surface area contributed by atoms with Crippen molar-refractivity contribution in [2.24, 2.45) is 0 Å². The topological polar surface area (TPSA) is 23.5 Å². The largest absolute Gasteiger partial charge is 0.389 e. The molecule has 3 heteroatoms. The van der Waals surface area contributed by atoms with Crippen LogP contribution in [0.25, 0.3) is 0 Å². The molecule has 0 saturated heterocycles. The van der Waals surface area contributed by atoms with E-state index in [1.807, 2.05) is 31.3 Å². The summed E-state index contributed by atoms with van der Waals surface area (Å²) in [4.78, 5) is 4.99. The summed E-state index contributed by atoms with van der Waals surface area (Å²) in [6, 6.07) is 14.8. The third kappa shape index (κ3) is 5.08. The van der Waals surface area contributed by atoms with Gasteiger partial charge in [-0.15, -0.1) is 11.3 Å². The summed E-state index contributed by atoms with van der Waals surface area (Å²) in [5.74, 6) is 0. The highest BCUT2D eigenvalue weighted by Crippen LogP contribution is 2.20. The predicted molar refractivity (Wildman–Crippen MR) is 85.9 cm³/mol. The summed E-state index contributed by atoms with van der Waals surface area (Å²) < 4.78 is 0. The summed E-state index contributed by atoms with van der Waals surface area (Å²) in [5.41, 5.74) is 0.603. The van der Waals surface area contributed by atoms with Crippen LogP contribution < -0.4 is 0 Å². The molecule has 1 N–H and O–H groups in total. The van der Waals surface area contributed by atoms with Gasteiger partial charge < -0.3 is 5.11 Å². The maximum absolute atomic E-state index is 10.1. The van der Waals surface area contributed by atoms with Gasteiger partial charge in [0.1, 0.15) is 0 Å². The van der Waals surface area contributed by atoms with E-state index in [9.17, 15) is 5.11 Å². The smallest absolute Gasteiger partial charge is 0.0718 e. The molecule has 1 aromatic carbocycles. The van der Waals surface area contributed by atoms with Crippen LogP contribution in [-0.4, -0.2) is 22.2 Å². The standard InChI is InChI=1S/C17H23NOS/c1-14-9-10-16(20-14)12-18(13-17(2,3)19)11-15-7-5-4-6-8-15/h4-10,19H,11-13H2,1-3H3. The van der Waals surface area contributed by atoms with Crippen molar-refractivity contribution in [2.45, 2.75) is 39.5 Å². The molecule has 2 nitrogen and oxygen atoms in total. The number of aliphatic hydroxyl groups is 1. The maximum Gasteiger partial charge on any atom is 0.0718 e. The van der Waals surface area contributed by atoms with Crippen molar-refractivity contribution in [2.75, 3.05) is 6.54 Å². The summed E-state index contributed by atoms with van der Waals surface area (Å²) in [6.45, 7) is 8.28. The number of rotatable bonds is 6. The van der Waals surface area contributed by atoms with Crippen LogP contribution in [0.3, 0.4) is 0 Å². The number of hydrogen-bond acceptors (Lipinski definition) is 3. The summed E-state index contributed by atoms with van der Waals surface area (Å²) in [6.07, 6.45) is 0. The van der Waals surface area contributed by atoms with E-state index in [1.54, 1.807) is 0 Å². The number of aryl methyl sites for hydroxylation is 1. The van der Waals surface area contributed by atoms with Gasteiger partial charge in [-0.2, -0.15) is 0 Å². The van der Waals surface area contributed by atoms with Crippen LogP contribution in [0.4, 0.5) is 0 Å². The Morgan fingerprint density at radius 1 is 1.05 bits per heavy atom. The average molecular weight is 289 g/mol. The van der Waals surface area contributed by atoms with Crippen LogP contribution in [0.15, 0.2) is 42.5 Å². The van der Waals surface area contributed by atoms with Crippen LogP contribution in [0.5, 0.6) is 0 Å². The third-order valence-electron chi connectivity index (χ3n) is 3.04. The summed E-state index contributed by atoms with van der Waals surface area (Å²) >= 11 is 1.83. The van der Waals surface area contributed by atoms with E-state index in [4.69, 9.17) is 0 Å². The normalized spacial score (nSPS) is 12.1. The Bertz CT molecular complexity index is 527. The molecule has 20 heavy (non-hydrogen) atoms. The van der Waals surface area contributed by atoms with Gasteiger partial charge in [0.2, 0.25) is 0 Å². The zero-order valence-electron chi connectivity index (χ0n) is 12.5. The predicted octanol–water partition coefficient (Wildman–Crippen LogP) is 3.83. The quantitative estimate of drug-likeness (QED) is 0.873. The Morgan fingerprint density at radius 2 is 1.75 bits per heavy atom. The lowest BCUT2D eigenvalue weighted by Gasteiger charge is -2.28. The lowest BCUT2D eigenvalue weighted by atomic mass is 10.1. The monoisotopic (exact) mass is 289 g/mol. The summed E-state index contributed by atoms with van der Waals surface area (Å²) in [5, 5.41) is 10.1. The molecule has 108 valence electrons. The molecule has 0 saturated carbocycles. The molecular formula is C17H23NOS. The Morgan fingerprint density at radius 3 is 2.30 bits per heavy atom. The van der Waals surface area contributed by atoms with Crippen molar-refractivity contribution in [1.82, 2.24) is 4.90 Å². The first-order chi connectivity index (χ1) is 9.42. The zero-order chi connectivity index (χ0) is 14.6. The molecular weight excluding hydrogens is 266 g/mol. The molecule has 1 aromatic heterocycles. The third-order valence-corrected chi connectivity index (χ3v) is 4.02. The Balaban J connectivity index is 2.08. The first kappa shape index (κ1) is 15.2. The first-order valence-corrected chi connectivity index (χ1v) is 7.78. The van der Waals surface area contributed by atoms with Gasteiger partial charge in [-0.05, 0) is 38.5 Å². The fraction of sp³-hybridized carbons (Fsp3) is 0.412. The molecule has 0 fully saturated rings. The lowest BCUT2D eigenvalue weighted by Crippen LogP contribution is -2.37. The van der Waals surface area contributed by atoms with Gasteiger partial charge in [-0.25, -0.2) is 0 Å². The minimum absolute atomic E-state index is 0.666. The molecule has 0 amide bonds. The Labute approximate surface area is 125 Å². The molecule has 0 aliphatic heterocycles. The minimum Gasteiger partial charge on any atom is -0.389 e. The van der Waals surface area contributed by atoms with Crippen molar-refractivity contribution in [3.63, 3.8) is 0 Å². The number of nitrogens with zero attached hydrogens (tertiary/aromatic N) is 1. The van der Waals surface area contributed by atoms with E-state index >= 15 is 0 Å². The van der Waals surface area contributed by atoms with Gasteiger partial charge in [-0.1, -0.05) is 30.3 Å². The van der Waals surface area contributed by atoms with Gasteiger partial charge in [0.05, 0.1) is 5.60 Å². The first-order valence-electron chi connectivity index (χ1n) is 6.96. The van der Waals surface area contributed by atoms with E-state index in [-0.39, 0.29) is 0 Å². The van der Waals surface area contributed by atoms with Crippen molar-refractivity contribution in [1.29, 1.82) is 0 Å². The molecule has 1 heterocycles. The maximum atomic E-state index is 10.1. The van der Waals surface area contributed by atoms with Crippen molar-refractivity contribution >= 4 is 11.3 Å². The van der Waals surface area contributed by atoms with Gasteiger partial charge in [-0.3, -0.25) is 4.90 Å². The Kier molecular flexibility index (Phi) is 4.97. The second-order valence-corrected chi connectivity index (χ2v) is 7.33. The second kappa shape index (κ2) is 6.53. The van der Waals surface area contributed by atoms with E-state index in [1.165, 1.54) is 15.3 Å². The van der Waals surface area contributed by atoms with E-state index in [0.29, 0.717) is 6.54 Å². The molecule has 0 unspecified atom stereocenters. The molecule has 0 spiro atoms. The van der Waals surface area contributed by atoms with Crippen LogP contribution in [-0.2, 0) is 13.1 Å². The van der Waals surface area contributed by atoms with Gasteiger partial charge in [0.15, 0.2) is 0 Å². The van der Waals surface area contributed by atoms with Crippen molar-refractivity contribution in [3.05, 3.63) is 57.8 Å². The highest BCUT2D eigenvalue weighted by atomic mass is 32.1. The van der Waals surface area contributed by atoms with Gasteiger partial charge in [0, 0.05) is 29.4 Å². The van der Waals surface area contributed by atoms with Crippen molar-refractivity contribution < 1.29 is 5.11 Å². The van der Waals surface area contributed by atoms with Gasteiger partial charge >= 0.3 is 0 Å². The molecule has 0 aliphatic rings. The SMILES string of the molecule is Cc1ccc(CN(Cc2ccccc2)CC(C)(C)O)s1. The number of benzene rings is 1. The lowest BCUT2D eigenvalue weighted by molar-refractivity contribution is 0.0310. The molecule has 0 aliphatic carbocycles. The highest BCUT2D eigenvalue weighted by molar-refractivity contribution is 7.11. The fourth-order valence-corrected chi connectivity index (χ4v) is 3.28. The van der Waals surface area contributed by atoms with Gasteiger partial charge in [0.25, 0.3) is 0 Å².